The molecule has 1 aliphatic rings. The van der Waals surface area contributed by atoms with Crippen LogP contribution in [-0.2, 0) is 4.79 Å². The number of amides is 2. The second-order valence-corrected chi connectivity index (χ2v) is 7.37. The largest absolute Gasteiger partial charge is 0.339 e. The molecule has 0 radical (unpaired) electrons. The molecule has 136 valence electrons. The molecule has 1 heterocycles. The summed E-state index contributed by atoms with van der Waals surface area (Å²) >= 11 is 12.1. The van der Waals surface area contributed by atoms with Crippen LogP contribution in [0.5, 0.6) is 0 Å². The number of halogens is 2. The summed E-state index contributed by atoms with van der Waals surface area (Å²) in [5.41, 5.74) is 2.25. The van der Waals surface area contributed by atoms with E-state index in [1.165, 1.54) is 0 Å². The van der Waals surface area contributed by atoms with Crippen LogP contribution in [-0.4, -0.2) is 29.8 Å². The Morgan fingerprint density at radius 1 is 1.08 bits per heavy atom. The molecule has 3 rings (SSSR count). The molecule has 0 bridgehead atoms. The van der Waals surface area contributed by atoms with Crippen LogP contribution in [0, 0.1) is 12.8 Å². The minimum Gasteiger partial charge on any atom is -0.339 e. The van der Waals surface area contributed by atoms with E-state index < -0.39 is 0 Å². The lowest BCUT2D eigenvalue weighted by molar-refractivity contribution is -0.121. The third kappa shape index (κ3) is 4.37. The number of carbonyl (C=O) groups excluding carboxylic acids is 2. The highest BCUT2D eigenvalue weighted by atomic mass is 35.5. The Kier molecular flexibility index (Phi) is 5.84. The number of aryl methyl sites for hydroxylation is 1. The standard InChI is InChI=1S/C20H20Cl2N2O2/c1-13-5-6-17(12-18(13)22)23-19(25)14-7-9-24(10-8-14)20(26)15-3-2-4-16(21)11-15/h2-6,11-12,14H,7-10H2,1H3,(H,23,25). The van der Waals surface area contributed by atoms with Gasteiger partial charge in [0.05, 0.1) is 0 Å². The molecule has 6 heteroatoms. The van der Waals surface area contributed by atoms with Gasteiger partial charge in [0.15, 0.2) is 0 Å². The number of nitrogens with zero attached hydrogens (tertiary/aromatic N) is 1. The third-order valence-corrected chi connectivity index (χ3v) is 5.31. The van der Waals surface area contributed by atoms with E-state index in [0.29, 0.717) is 47.2 Å². The Labute approximate surface area is 163 Å². The van der Waals surface area contributed by atoms with E-state index in [1.54, 1.807) is 35.2 Å². The zero-order valence-corrected chi connectivity index (χ0v) is 16.0. The molecule has 1 N–H and O–H groups in total. The molecule has 0 aliphatic carbocycles. The lowest BCUT2D eigenvalue weighted by Gasteiger charge is -2.31. The highest BCUT2D eigenvalue weighted by molar-refractivity contribution is 6.31. The summed E-state index contributed by atoms with van der Waals surface area (Å²) in [6.45, 7) is 3.02. The van der Waals surface area contributed by atoms with Crippen LogP contribution in [0.25, 0.3) is 0 Å². The Morgan fingerprint density at radius 2 is 1.81 bits per heavy atom. The van der Waals surface area contributed by atoms with Crippen LogP contribution in [0.15, 0.2) is 42.5 Å². The van der Waals surface area contributed by atoms with Crippen LogP contribution >= 0.6 is 23.2 Å². The molecule has 1 fully saturated rings. The van der Waals surface area contributed by atoms with Crippen molar-refractivity contribution < 1.29 is 9.59 Å². The van der Waals surface area contributed by atoms with Gasteiger partial charge < -0.3 is 10.2 Å². The number of nitrogens with one attached hydrogen (secondary N) is 1. The molecule has 4 nitrogen and oxygen atoms in total. The summed E-state index contributed by atoms with van der Waals surface area (Å²) in [4.78, 5) is 26.8. The second-order valence-electron chi connectivity index (χ2n) is 6.53. The van der Waals surface area contributed by atoms with Gasteiger partial charge in [0.2, 0.25) is 5.91 Å². The summed E-state index contributed by atoms with van der Waals surface area (Å²) < 4.78 is 0. The zero-order chi connectivity index (χ0) is 18.7. The van der Waals surface area contributed by atoms with Crippen molar-refractivity contribution in [2.45, 2.75) is 19.8 Å². The molecular formula is C20H20Cl2N2O2. The van der Waals surface area contributed by atoms with Crippen molar-refractivity contribution in [2.24, 2.45) is 5.92 Å². The minimum atomic E-state index is -0.113. The summed E-state index contributed by atoms with van der Waals surface area (Å²) in [5.74, 6) is -0.185. The lowest BCUT2D eigenvalue weighted by atomic mass is 9.95. The molecule has 0 atom stereocenters. The smallest absolute Gasteiger partial charge is 0.253 e. The van der Waals surface area contributed by atoms with Crippen molar-refractivity contribution in [3.8, 4) is 0 Å². The van der Waals surface area contributed by atoms with E-state index >= 15 is 0 Å². The van der Waals surface area contributed by atoms with Crippen LogP contribution in [0.2, 0.25) is 10.0 Å². The fourth-order valence-electron chi connectivity index (χ4n) is 3.06. The van der Waals surface area contributed by atoms with Gasteiger partial charge in [0.25, 0.3) is 5.91 Å². The molecule has 2 amide bonds. The summed E-state index contributed by atoms with van der Waals surface area (Å²) in [5, 5.41) is 4.09. The van der Waals surface area contributed by atoms with Gasteiger partial charge in [-0.25, -0.2) is 0 Å². The molecule has 1 aliphatic heterocycles. The van der Waals surface area contributed by atoms with E-state index in [2.05, 4.69) is 5.32 Å². The van der Waals surface area contributed by atoms with Crippen LogP contribution in [0.3, 0.4) is 0 Å². The predicted octanol–water partition coefficient (Wildman–Crippen LogP) is 4.79. The van der Waals surface area contributed by atoms with Crippen molar-refractivity contribution in [2.75, 3.05) is 18.4 Å². The maximum absolute atomic E-state index is 12.5. The maximum atomic E-state index is 12.5. The number of hydrogen-bond donors (Lipinski definition) is 1. The first kappa shape index (κ1) is 18.7. The zero-order valence-electron chi connectivity index (χ0n) is 14.5. The number of hydrogen-bond acceptors (Lipinski definition) is 2. The average molecular weight is 391 g/mol. The lowest BCUT2D eigenvalue weighted by Crippen LogP contribution is -2.41. The molecule has 2 aromatic carbocycles. The van der Waals surface area contributed by atoms with Gasteiger partial charge in [-0.3, -0.25) is 9.59 Å². The highest BCUT2D eigenvalue weighted by Gasteiger charge is 2.28. The number of anilines is 1. The number of rotatable bonds is 3. The van der Waals surface area contributed by atoms with Crippen molar-refractivity contribution in [3.63, 3.8) is 0 Å². The normalized spacial score (nSPS) is 15.0. The summed E-state index contributed by atoms with van der Waals surface area (Å²) in [6, 6.07) is 12.4. The first-order valence-corrected chi connectivity index (χ1v) is 9.31. The summed E-state index contributed by atoms with van der Waals surface area (Å²) in [7, 11) is 0. The molecule has 0 unspecified atom stereocenters. The van der Waals surface area contributed by atoms with Gasteiger partial charge >= 0.3 is 0 Å². The van der Waals surface area contributed by atoms with Gasteiger partial charge in [0.1, 0.15) is 0 Å². The molecule has 26 heavy (non-hydrogen) atoms. The first-order chi connectivity index (χ1) is 12.4. The Bertz CT molecular complexity index is 830. The number of benzene rings is 2. The minimum absolute atomic E-state index is 0.0280. The van der Waals surface area contributed by atoms with Crippen molar-refractivity contribution >= 4 is 40.7 Å². The van der Waals surface area contributed by atoms with Gasteiger partial charge in [-0.2, -0.15) is 0 Å². The molecular weight excluding hydrogens is 371 g/mol. The first-order valence-electron chi connectivity index (χ1n) is 8.56. The highest BCUT2D eigenvalue weighted by Crippen LogP contribution is 2.24. The van der Waals surface area contributed by atoms with E-state index in [-0.39, 0.29) is 17.7 Å². The van der Waals surface area contributed by atoms with Crippen molar-refractivity contribution in [1.29, 1.82) is 0 Å². The topological polar surface area (TPSA) is 49.4 Å². The quantitative estimate of drug-likeness (QED) is 0.818. The number of carbonyl (C=O) groups is 2. The van der Waals surface area contributed by atoms with Crippen LogP contribution < -0.4 is 5.32 Å². The molecule has 2 aromatic rings. The Morgan fingerprint density at radius 3 is 2.46 bits per heavy atom. The second kappa shape index (κ2) is 8.11. The molecule has 0 saturated carbocycles. The monoisotopic (exact) mass is 390 g/mol. The maximum Gasteiger partial charge on any atom is 0.253 e. The number of likely N-dealkylation sites (tertiary alicyclic amines) is 1. The van der Waals surface area contributed by atoms with E-state index in [0.717, 1.165) is 5.56 Å². The van der Waals surface area contributed by atoms with Gasteiger partial charge in [0, 0.05) is 40.3 Å². The van der Waals surface area contributed by atoms with Gasteiger partial charge in [-0.1, -0.05) is 35.3 Å². The van der Waals surface area contributed by atoms with E-state index in [1.807, 2.05) is 19.1 Å². The Hall–Kier alpha value is -2.04. The van der Waals surface area contributed by atoms with Crippen molar-refractivity contribution in [3.05, 3.63) is 63.6 Å². The fraction of sp³-hybridized carbons (Fsp3) is 0.300. The summed E-state index contributed by atoms with van der Waals surface area (Å²) in [6.07, 6.45) is 1.27. The predicted molar refractivity (Wildman–Crippen MR) is 105 cm³/mol. The van der Waals surface area contributed by atoms with Crippen LogP contribution in [0.4, 0.5) is 5.69 Å². The molecule has 1 saturated heterocycles. The Balaban J connectivity index is 1.56. The molecule has 0 aromatic heterocycles. The van der Waals surface area contributed by atoms with Gasteiger partial charge in [-0.15, -0.1) is 0 Å². The van der Waals surface area contributed by atoms with E-state index in [9.17, 15) is 9.59 Å². The van der Waals surface area contributed by atoms with Crippen LogP contribution in [0.1, 0.15) is 28.8 Å². The van der Waals surface area contributed by atoms with Crippen molar-refractivity contribution in [1.82, 2.24) is 4.90 Å². The SMILES string of the molecule is Cc1ccc(NC(=O)C2CCN(C(=O)c3cccc(Cl)c3)CC2)cc1Cl. The van der Waals surface area contributed by atoms with Gasteiger partial charge in [-0.05, 0) is 55.7 Å². The van der Waals surface area contributed by atoms with E-state index in [4.69, 9.17) is 23.2 Å². The average Bonchev–Trinajstić information content (AvgIpc) is 2.64. The number of piperidine rings is 1. The third-order valence-electron chi connectivity index (χ3n) is 4.66. The molecule has 0 spiro atoms. The fourth-order valence-corrected chi connectivity index (χ4v) is 3.43.